The molecule has 1 N–H and O–H groups in total. The van der Waals surface area contributed by atoms with Gasteiger partial charge in [0, 0.05) is 0 Å². The maximum atomic E-state index is 12.9. The zero-order valence-electron chi connectivity index (χ0n) is 12.2. The summed E-state index contributed by atoms with van der Waals surface area (Å²) in [4.78, 5) is 23.1. The first-order valence-corrected chi connectivity index (χ1v) is 6.46. The van der Waals surface area contributed by atoms with Gasteiger partial charge >= 0.3 is 18.3 Å². The molecule has 25 heavy (non-hydrogen) atoms. The van der Waals surface area contributed by atoms with E-state index >= 15 is 0 Å². The van der Waals surface area contributed by atoms with E-state index in [1.807, 2.05) is 0 Å². The highest BCUT2D eigenvalue weighted by Crippen LogP contribution is 2.35. The second-order valence-corrected chi connectivity index (χ2v) is 4.90. The highest BCUT2D eigenvalue weighted by molar-refractivity contribution is 6.32. The van der Waals surface area contributed by atoms with Crippen LogP contribution < -0.4 is 5.01 Å². The maximum Gasteiger partial charge on any atom is 0.424 e. The standard InChI is InChI=1S/C14H8F6N2O3/c1-6-9(10(12(24)25)14(18,19)20)11(23)22(21-6)8-4-2-7(3-5-8)13(15,16)17/h2-5H,1H3,(H,24,25). The summed E-state index contributed by atoms with van der Waals surface area (Å²) in [5.74, 6) is -3.76. The maximum absolute atomic E-state index is 12.9. The molecular formula is C14H8F6N2O3. The Kier molecular flexibility index (Phi) is 4.36. The Morgan fingerprint density at radius 1 is 1.08 bits per heavy atom. The van der Waals surface area contributed by atoms with E-state index in [1.165, 1.54) is 0 Å². The quantitative estimate of drug-likeness (QED) is 0.645. The Labute approximate surface area is 135 Å². The molecule has 0 aromatic heterocycles. The van der Waals surface area contributed by atoms with Crippen molar-refractivity contribution in [2.24, 2.45) is 5.10 Å². The van der Waals surface area contributed by atoms with Crippen LogP contribution in [0.25, 0.3) is 0 Å². The Balaban J connectivity index is 2.49. The van der Waals surface area contributed by atoms with Gasteiger partial charge in [0.2, 0.25) is 0 Å². The molecule has 1 aliphatic rings. The van der Waals surface area contributed by atoms with Crippen molar-refractivity contribution in [3.63, 3.8) is 0 Å². The first kappa shape index (κ1) is 18.5. The van der Waals surface area contributed by atoms with Gasteiger partial charge in [0.25, 0.3) is 5.91 Å². The number of anilines is 1. The predicted octanol–water partition coefficient (Wildman–Crippen LogP) is 3.37. The number of carboxylic acids is 1. The SMILES string of the molecule is CC1=NN(c2ccc(C(F)(F)F)cc2)C(=O)C1=C(C(=O)O)C(F)(F)F. The van der Waals surface area contributed by atoms with Crippen molar-refractivity contribution in [3.8, 4) is 0 Å². The molecule has 11 heteroatoms. The van der Waals surface area contributed by atoms with Crippen molar-refractivity contribution in [1.29, 1.82) is 0 Å². The number of carbonyl (C=O) groups excluding carboxylic acids is 1. The summed E-state index contributed by atoms with van der Waals surface area (Å²) < 4.78 is 76.2. The zero-order valence-corrected chi connectivity index (χ0v) is 12.2. The molecule has 0 spiro atoms. The summed E-state index contributed by atoms with van der Waals surface area (Å²) in [5, 5.41) is 12.7. The summed E-state index contributed by atoms with van der Waals surface area (Å²) in [6.45, 7) is 0.992. The van der Waals surface area contributed by atoms with E-state index in [0.717, 1.165) is 19.1 Å². The zero-order chi connectivity index (χ0) is 19.2. The van der Waals surface area contributed by atoms with Gasteiger partial charge in [0.15, 0.2) is 5.57 Å². The summed E-state index contributed by atoms with van der Waals surface area (Å²) in [7, 11) is 0. The Morgan fingerprint density at radius 3 is 2.00 bits per heavy atom. The summed E-state index contributed by atoms with van der Waals surface area (Å²) >= 11 is 0. The molecule has 0 unspecified atom stereocenters. The molecule has 1 heterocycles. The lowest BCUT2D eigenvalue weighted by Crippen LogP contribution is -2.29. The molecule has 0 aliphatic carbocycles. The highest BCUT2D eigenvalue weighted by Gasteiger charge is 2.46. The van der Waals surface area contributed by atoms with E-state index in [4.69, 9.17) is 5.11 Å². The normalized spacial score (nSPS) is 17.6. The van der Waals surface area contributed by atoms with Crippen LogP contribution in [0, 0.1) is 0 Å². The van der Waals surface area contributed by atoms with E-state index < -0.39 is 46.7 Å². The number of alkyl halides is 6. The second-order valence-electron chi connectivity index (χ2n) is 4.90. The Morgan fingerprint density at radius 2 is 1.60 bits per heavy atom. The van der Waals surface area contributed by atoms with Crippen LogP contribution in [0.4, 0.5) is 32.0 Å². The third-order valence-corrected chi connectivity index (χ3v) is 3.20. The molecule has 134 valence electrons. The molecule has 0 saturated carbocycles. The van der Waals surface area contributed by atoms with Crippen LogP contribution >= 0.6 is 0 Å². The number of benzene rings is 1. The third-order valence-electron chi connectivity index (χ3n) is 3.20. The van der Waals surface area contributed by atoms with Crippen LogP contribution in [0.3, 0.4) is 0 Å². The van der Waals surface area contributed by atoms with Crippen LogP contribution in [0.1, 0.15) is 12.5 Å². The van der Waals surface area contributed by atoms with Crippen LogP contribution in [0.2, 0.25) is 0 Å². The first-order valence-electron chi connectivity index (χ1n) is 6.46. The molecule has 0 saturated heterocycles. The number of hydrogen-bond acceptors (Lipinski definition) is 3. The average molecular weight is 366 g/mol. The number of aliphatic carboxylic acids is 1. The first-order chi connectivity index (χ1) is 11.3. The number of hydrazone groups is 1. The number of halogens is 6. The van der Waals surface area contributed by atoms with Crippen LogP contribution in [-0.4, -0.2) is 28.9 Å². The third kappa shape index (κ3) is 3.49. The number of rotatable bonds is 2. The predicted molar refractivity (Wildman–Crippen MR) is 72.8 cm³/mol. The van der Waals surface area contributed by atoms with Crippen molar-refractivity contribution in [2.45, 2.75) is 19.3 Å². The van der Waals surface area contributed by atoms with Crippen molar-refractivity contribution >= 4 is 23.3 Å². The number of carboxylic acid groups (broad SMARTS) is 1. The summed E-state index contributed by atoms with van der Waals surface area (Å²) in [6.07, 6.45) is -9.95. The molecule has 0 fully saturated rings. The van der Waals surface area contributed by atoms with Crippen LogP contribution in [-0.2, 0) is 15.8 Å². The molecule has 1 amide bonds. The minimum absolute atomic E-state index is 0.237. The van der Waals surface area contributed by atoms with Gasteiger partial charge < -0.3 is 5.11 Å². The molecule has 0 atom stereocenters. The van der Waals surface area contributed by atoms with Gasteiger partial charge in [0.05, 0.1) is 22.5 Å². The Hall–Kier alpha value is -2.85. The second kappa shape index (κ2) is 5.90. The van der Waals surface area contributed by atoms with Gasteiger partial charge in [-0.3, -0.25) is 4.79 Å². The fourth-order valence-corrected chi connectivity index (χ4v) is 2.13. The van der Waals surface area contributed by atoms with Crippen LogP contribution in [0.15, 0.2) is 40.5 Å². The smallest absolute Gasteiger partial charge is 0.424 e. The lowest BCUT2D eigenvalue weighted by Gasteiger charge is -2.14. The fraction of sp³-hybridized carbons (Fsp3) is 0.214. The monoisotopic (exact) mass is 366 g/mol. The van der Waals surface area contributed by atoms with Crippen molar-refractivity contribution in [1.82, 2.24) is 0 Å². The average Bonchev–Trinajstić information content (AvgIpc) is 2.73. The molecule has 2 rings (SSSR count). The van der Waals surface area contributed by atoms with Gasteiger partial charge in [-0.05, 0) is 31.2 Å². The minimum atomic E-state index is -5.32. The lowest BCUT2D eigenvalue weighted by atomic mass is 10.0. The Bertz CT molecular complexity index is 790. The van der Waals surface area contributed by atoms with E-state index in [0.29, 0.717) is 17.1 Å². The number of hydrogen-bond donors (Lipinski definition) is 1. The molecular weight excluding hydrogens is 358 g/mol. The van der Waals surface area contributed by atoms with E-state index in [1.54, 1.807) is 0 Å². The largest absolute Gasteiger partial charge is 0.478 e. The molecule has 5 nitrogen and oxygen atoms in total. The topological polar surface area (TPSA) is 70.0 Å². The lowest BCUT2D eigenvalue weighted by molar-refractivity contribution is -0.145. The molecule has 0 radical (unpaired) electrons. The van der Waals surface area contributed by atoms with Gasteiger partial charge in [-0.1, -0.05) is 0 Å². The molecule has 1 aromatic rings. The number of carbonyl (C=O) groups is 2. The minimum Gasteiger partial charge on any atom is -0.478 e. The van der Waals surface area contributed by atoms with E-state index in [9.17, 15) is 35.9 Å². The van der Waals surface area contributed by atoms with Crippen molar-refractivity contribution in [2.75, 3.05) is 5.01 Å². The molecule has 1 aliphatic heterocycles. The molecule has 1 aromatic carbocycles. The van der Waals surface area contributed by atoms with Gasteiger partial charge in [-0.25, -0.2) is 4.79 Å². The summed E-state index contributed by atoms with van der Waals surface area (Å²) in [6, 6.07) is 2.93. The molecule has 0 bridgehead atoms. The van der Waals surface area contributed by atoms with Gasteiger partial charge in [0.1, 0.15) is 0 Å². The fourth-order valence-electron chi connectivity index (χ4n) is 2.13. The van der Waals surface area contributed by atoms with Gasteiger partial charge in [-0.2, -0.15) is 36.5 Å². The van der Waals surface area contributed by atoms with E-state index in [2.05, 4.69) is 5.10 Å². The van der Waals surface area contributed by atoms with E-state index in [-0.39, 0.29) is 5.69 Å². The van der Waals surface area contributed by atoms with Crippen molar-refractivity contribution in [3.05, 3.63) is 41.0 Å². The number of nitrogens with zero attached hydrogens (tertiary/aromatic N) is 2. The highest BCUT2D eigenvalue weighted by atomic mass is 19.4. The van der Waals surface area contributed by atoms with Gasteiger partial charge in [-0.15, -0.1) is 0 Å². The van der Waals surface area contributed by atoms with Crippen molar-refractivity contribution < 1.29 is 41.0 Å². The van der Waals surface area contributed by atoms with Crippen LogP contribution in [0.5, 0.6) is 0 Å². The number of amides is 1. The summed E-state index contributed by atoms with van der Waals surface area (Å²) in [5.41, 5.74) is -5.03.